The molecule has 3 aliphatic heterocycles. The number of allylic oxidation sites excluding steroid dienone is 2. The van der Waals surface area contributed by atoms with Crippen molar-refractivity contribution in [1.82, 2.24) is 4.90 Å². The van der Waals surface area contributed by atoms with E-state index in [0.717, 1.165) is 15.7 Å². The van der Waals surface area contributed by atoms with Gasteiger partial charge in [0, 0.05) is 16.4 Å². The summed E-state index contributed by atoms with van der Waals surface area (Å²) in [6.07, 6.45) is 6.09. The van der Waals surface area contributed by atoms with Gasteiger partial charge in [0.2, 0.25) is 5.91 Å². The van der Waals surface area contributed by atoms with Crippen LogP contribution in [-0.2, 0) is 19.7 Å². The number of hydrogen-bond acceptors (Lipinski definition) is 4. The molecular formula is C18H17BrN2O3. The molecule has 0 saturated carbocycles. The highest BCUT2D eigenvalue weighted by Gasteiger charge is 2.63. The molecule has 0 radical (unpaired) electrons. The zero-order valence-corrected chi connectivity index (χ0v) is 14.7. The maximum absolute atomic E-state index is 13.0. The van der Waals surface area contributed by atoms with Gasteiger partial charge in [-0.25, -0.2) is 4.79 Å². The predicted octanol–water partition coefficient (Wildman–Crippen LogP) is 2.69. The monoisotopic (exact) mass is 388 g/mol. The number of nitrogens with zero attached hydrogens (tertiary/aromatic N) is 1. The van der Waals surface area contributed by atoms with Gasteiger partial charge in [0.15, 0.2) is 0 Å². The summed E-state index contributed by atoms with van der Waals surface area (Å²) in [6, 6.07) is 6.97. The van der Waals surface area contributed by atoms with Crippen molar-refractivity contribution in [3.8, 4) is 0 Å². The van der Waals surface area contributed by atoms with Gasteiger partial charge in [-0.15, -0.1) is 0 Å². The Kier molecular flexibility index (Phi) is 3.53. The number of anilines is 1. The first-order chi connectivity index (χ1) is 11.6. The number of amides is 1. The average Bonchev–Trinajstić information content (AvgIpc) is 3.06. The van der Waals surface area contributed by atoms with E-state index in [9.17, 15) is 9.59 Å². The summed E-state index contributed by atoms with van der Waals surface area (Å²) < 4.78 is 6.15. The first kappa shape index (κ1) is 15.4. The number of carbonyl (C=O) groups is 2. The van der Waals surface area contributed by atoms with Crippen LogP contribution < -0.4 is 5.32 Å². The molecule has 1 amide bonds. The Balaban J connectivity index is 1.87. The quantitative estimate of drug-likeness (QED) is 0.791. The lowest BCUT2D eigenvalue weighted by Gasteiger charge is -2.35. The Hall–Kier alpha value is -2.08. The molecule has 1 fully saturated rings. The molecule has 0 aromatic heterocycles. The first-order valence-electron chi connectivity index (χ1n) is 7.98. The molecule has 1 saturated heterocycles. The van der Waals surface area contributed by atoms with Gasteiger partial charge in [-0.2, -0.15) is 0 Å². The lowest BCUT2D eigenvalue weighted by atomic mass is 9.74. The van der Waals surface area contributed by atoms with E-state index in [1.807, 2.05) is 47.5 Å². The fraction of sp³-hybridized carbons (Fsp3) is 0.333. The van der Waals surface area contributed by atoms with Crippen molar-refractivity contribution in [1.29, 1.82) is 0 Å². The second-order valence-electron chi connectivity index (χ2n) is 6.19. The summed E-state index contributed by atoms with van der Waals surface area (Å²) in [6.45, 7) is 2.11. The van der Waals surface area contributed by atoms with Crippen molar-refractivity contribution in [2.24, 2.45) is 0 Å². The Labute approximate surface area is 148 Å². The molecular weight excluding hydrogens is 372 g/mol. The molecule has 0 unspecified atom stereocenters. The first-order valence-corrected chi connectivity index (χ1v) is 8.78. The third-order valence-electron chi connectivity index (χ3n) is 5.03. The van der Waals surface area contributed by atoms with Crippen molar-refractivity contribution in [2.45, 2.75) is 30.8 Å². The molecule has 3 heterocycles. The van der Waals surface area contributed by atoms with E-state index in [4.69, 9.17) is 4.74 Å². The Morgan fingerprint density at radius 3 is 3.04 bits per heavy atom. The minimum atomic E-state index is -0.798. The molecule has 1 spiro atoms. The SMILES string of the molecule is CCOC(=O)[C@H]1C[C@@]2(C(=O)Nc3ccccc32)[C@@H]2C(Br)=CC=CN12. The zero-order valence-electron chi connectivity index (χ0n) is 13.2. The van der Waals surface area contributed by atoms with Gasteiger partial charge >= 0.3 is 5.97 Å². The predicted molar refractivity (Wildman–Crippen MR) is 93.6 cm³/mol. The Morgan fingerprint density at radius 1 is 1.46 bits per heavy atom. The van der Waals surface area contributed by atoms with Crippen molar-refractivity contribution in [3.63, 3.8) is 0 Å². The van der Waals surface area contributed by atoms with Gasteiger partial charge in [-0.05, 0) is 37.1 Å². The molecule has 5 nitrogen and oxygen atoms in total. The third-order valence-corrected chi connectivity index (χ3v) is 5.73. The number of ether oxygens (including phenoxy) is 1. The molecule has 1 aromatic carbocycles. The highest BCUT2D eigenvalue weighted by molar-refractivity contribution is 9.11. The van der Waals surface area contributed by atoms with Crippen LogP contribution in [-0.4, -0.2) is 35.5 Å². The minimum absolute atomic E-state index is 0.0638. The van der Waals surface area contributed by atoms with Gasteiger partial charge in [-0.3, -0.25) is 4.79 Å². The lowest BCUT2D eigenvalue weighted by molar-refractivity contribution is -0.147. The highest BCUT2D eigenvalue weighted by atomic mass is 79.9. The standard InChI is InChI=1S/C18H17BrN2O3/c1-2-24-16(22)14-10-18(15-12(19)7-5-9-21(14)15)11-6-3-4-8-13(11)20-17(18)23/h3-9,14-15H,2,10H2,1H3,(H,20,23)/t14-,15+,18+/m1/s1. The van der Waals surface area contributed by atoms with Crippen LogP contribution in [0.1, 0.15) is 18.9 Å². The number of fused-ring (bicyclic) bond motifs is 4. The second-order valence-corrected chi connectivity index (χ2v) is 7.10. The Bertz CT molecular complexity index is 788. The molecule has 4 rings (SSSR count). The van der Waals surface area contributed by atoms with E-state index in [1.54, 1.807) is 6.92 Å². The topological polar surface area (TPSA) is 58.6 Å². The number of esters is 1. The van der Waals surface area contributed by atoms with Crippen molar-refractivity contribution in [2.75, 3.05) is 11.9 Å². The zero-order chi connectivity index (χ0) is 16.9. The lowest BCUT2D eigenvalue weighted by Crippen LogP contribution is -2.47. The Morgan fingerprint density at radius 2 is 2.25 bits per heavy atom. The third kappa shape index (κ3) is 1.92. The summed E-state index contributed by atoms with van der Waals surface area (Å²) in [7, 11) is 0. The second kappa shape index (κ2) is 5.48. The molecule has 0 aliphatic carbocycles. The molecule has 3 aliphatic rings. The number of carbonyl (C=O) groups excluding carboxylic acids is 2. The molecule has 1 aromatic rings. The van der Waals surface area contributed by atoms with E-state index in [2.05, 4.69) is 21.2 Å². The molecule has 0 bridgehead atoms. The van der Waals surface area contributed by atoms with Gasteiger partial charge in [0.05, 0.1) is 12.6 Å². The smallest absolute Gasteiger partial charge is 0.328 e. The number of nitrogens with one attached hydrogen (secondary N) is 1. The van der Waals surface area contributed by atoms with Crippen LogP contribution in [0.5, 0.6) is 0 Å². The van der Waals surface area contributed by atoms with Crippen LogP contribution in [0.3, 0.4) is 0 Å². The molecule has 3 atom stereocenters. The molecule has 24 heavy (non-hydrogen) atoms. The van der Waals surface area contributed by atoms with Gasteiger partial charge in [0.25, 0.3) is 0 Å². The number of hydrogen-bond donors (Lipinski definition) is 1. The van der Waals surface area contributed by atoms with Gasteiger partial charge < -0.3 is 15.0 Å². The summed E-state index contributed by atoms with van der Waals surface area (Å²) in [5.74, 6) is -0.352. The van der Waals surface area contributed by atoms with Crippen LogP contribution >= 0.6 is 15.9 Å². The van der Waals surface area contributed by atoms with E-state index in [1.165, 1.54) is 0 Å². The normalized spacial score (nSPS) is 30.0. The largest absolute Gasteiger partial charge is 0.464 e. The minimum Gasteiger partial charge on any atom is -0.464 e. The average molecular weight is 389 g/mol. The summed E-state index contributed by atoms with van der Waals surface area (Å²) in [5.41, 5.74) is 0.966. The number of para-hydroxylation sites is 1. The number of halogens is 1. The fourth-order valence-electron chi connectivity index (χ4n) is 4.10. The summed E-state index contributed by atoms with van der Waals surface area (Å²) in [4.78, 5) is 27.5. The van der Waals surface area contributed by atoms with Crippen LogP contribution in [0.4, 0.5) is 5.69 Å². The van der Waals surface area contributed by atoms with Crippen LogP contribution in [0.15, 0.2) is 47.1 Å². The number of rotatable bonds is 2. The van der Waals surface area contributed by atoms with E-state index in [-0.39, 0.29) is 17.9 Å². The molecule has 124 valence electrons. The van der Waals surface area contributed by atoms with Crippen LogP contribution in [0.25, 0.3) is 0 Å². The molecule has 1 N–H and O–H groups in total. The van der Waals surface area contributed by atoms with Crippen molar-refractivity contribution >= 4 is 33.5 Å². The van der Waals surface area contributed by atoms with Crippen LogP contribution in [0.2, 0.25) is 0 Å². The summed E-state index contributed by atoms with van der Waals surface area (Å²) >= 11 is 3.61. The van der Waals surface area contributed by atoms with Crippen molar-refractivity contribution in [3.05, 3.63) is 52.7 Å². The van der Waals surface area contributed by atoms with Gasteiger partial charge in [0.1, 0.15) is 11.5 Å². The van der Waals surface area contributed by atoms with E-state index in [0.29, 0.717) is 13.0 Å². The maximum Gasteiger partial charge on any atom is 0.328 e. The van der Waals surface area contributed by atoms with Crippen LogP contribution in [0, 0.1) is 0 Å². The maximum atomic E-state index is 13.0. The van der Waals surface area contributed by atoms with E-state index < -0.39 is 11.5 Å². The summed E-state index contributed by atoms with van der Waals surface area (Å²) in [5, 5.41) is 2.99. The number of benzene rings is 1. The molecule has 6 heteroatoms. The highest BCUT2D eigenvalue weighted by Crippen LogP contribution is 2.54. The van der Waals surface area contributed by atoms with E-state index >= 15 is 0 Å². The van der Waals surface area contributed by atoms with Crippen molar-refractivity contribution < 1.29 is 14.3 Å². The fourth-order valence-corrected chi connectivity index (χ4v) is 4.88. The van der Waals surface area contributed by atoms with Gasteiger partial charge in [-0.1, -0.05) is 34.1 Å².